The third-order valence-corrected chi connectivity index (χ3v) is 4.07. The number of piperidine rings is 1. The zero-order chi connectivity index (χ0) is 12.8. The Balaban J connectivity index is 0.00000180. The molecule has 0 bridgehead atoms. The molecule has 106 valence electrons. The van der Waals surface area contributed by atoms with Gasteiger partial charge in [0.2, 0.25) is 0 Å². The first-order valence-corrected chi connectivity index (χ1v) is 6.95. The van der Waals surface area contributed by atoms with Crippen molar-refractivity contribution in [2.75, 3.05) is 26.2 Å². The number of benzene rings is 1. The van der Waals surface area contributed by atoms with Crippen LogP contribution in [-0.2, 0) is 6.54 Å². The Morgan fingerprint density at radius 1 is 1.11 bits per heavy atom. The van der Waals surface area contributed by atoms with E-state index < -0.39 is 0 Å². The fourth-order valence-corrected chi connectivity index (χ4v) is 3.00. The van der Waals surface area contributed by atoms with E-state index in [0.29, 0.717) is 6.61 Å². The Kier molecular flexibility index (Phi) is 6.56. The topological polar surface area (TPSA) is 20.2 Å². The zero-order valence-electron chi connectivity index (χ0n) is 11.5. The first kappa shape index (κ1) is 16.2. The quantitative estimate of drug-likeness (QED) is 0.743. The summed E-state index contributed by atoms with van der Waals surface area (Å²) in [4.78, 5) is 0. The van der Waals surface area contributed by atoms with E-state index in [9.17, 15) is 5.11 Å². The summed E-state index contributed by atoms with van der Waals surface area (Å²) in [6, 6.07) is 8.65. The summed E-state index contributed by atoms with van der Waals surface area (Å²) in [5.74, 6) is 0. The van der Waals surface area contributed by atoms with E-state index in [1.54, 1.807) is 0 Å². The molecular formula is C16H24ClNO. The lowest BCUT2D eigenvalue weighted by atomic mass is 10.0. The van der Waals surface area contributed by atoms with Gasteiger partial charge in [-0.15, -0.1) is 0 Å². The largest absolute Gasteiger partial charge is 1.00 e. The molecule has 1 aliphatic rings. The maximum Gasteiger partial charge on any atom is 0.104 e. The van der Waals surface area contributed by atoms with E-state index in [0.717, 1.165) is 17.6 Å². The Morgan fingerprint density at radius 3 is 2.26 bits per heavy atom. The van der Waals surface area contributed by atoms with Crippen LogP contribution in [-0.4, -0.2) is 35.8 Å². The van der Waals surface area contributed by atoms with E-state index in [2.05, 4.69) is 30.8 Å². The lowest BCUT2D eigenvalue weighted by Gasteiger charge is -2.41. The zero-order valence-corrected chi connectivity index (χ0v) is 12.3. The van der Waals surface area contributed by atoms with Crippen molar-refractivity contribution in [1.82, 2.24) is 0 Å². The molecule has 0 radical (unpaired) electrons. The van der Waals surface area contributed by atoms with Crippen molar-refractivity contribution in [1.29, 1.82) is 0 Å². The highest BCUT2D eigenvalue weighted by atomic mass is 35.5. The first-order valence-electron chi connectivity index (χ1n) is 6.95. The van der Waals surface area contributed by atoms with Gasteiger partial charge in [-0.05, 0) is 24.8 Å². The van der Waals surface area contributed by atoms with Crippen LogP contribution in [0.1, 0.15) is 30.4 Å². The smallest absolute Gasteiger partial charge is 0.104 e. The molecule has 2 rings (SSSR count). The van der Waals surface area contributed by atoms with Crippen LogP contribution >= 0.6 is 0 Å². The SMILES string of the molecule is C=Cc1ccc(C[N+]2(CCO)CCCCC2)cc1.[Cl-]. The summed E-state index contributed by atoms with van der Waals surface area (Å²) in [5.41, 5.74) is 2.54. The average Bonchev–Trinajstić information content (AvgIpc) is 2.41. The Hall–Kier alpha value is -0.830. The Bertz CT molecular complexity index is 377. The van der Waals surface area contributed by atoms with Crippen molar-refractivity contribution in [2.24, 2.45) is 0 Å². The number of aliphatic hydroxyl groups is 1. The molecule has 1 heterocycles. The molecule has 0 aromatic heterocycles. The van der Waals surface area contributed by atoms with Gasteiger partial charge >= 0.3 is 0 Å². The van der Waals surface area contributed by atoms with E-state index in [1.807, 2.05) is 6.08 Å². The second-order valence-electron chi connectivity index (χ2n) is 5.40. The van der Waals surface area contributed by atoms with Gasteiger partial charge in [-0.25, -0.2) is 0 Å². The van der Waals surface area contributed by atoms with Crippen molar-refractivity contribution in [3.63, 3.8) is 0 Å². The highest BCUT2D eigenvalue weighted by Crippen LogP contribution is 2.22. The minimum atomic E-state index is 0. The number of rotatable bonds is 5. The van der Waals surface area contributed by atoms with E-state index in [1.165, 1.54) is 43.5 Å². The van der Waals surface area contributed by atoms with Crippen LogP contribution in [0.2, 0.25) is 0 Å². The third-order valence-electron chi connectivity index (χ3n) is 4.07. The predicted molar refractivity (Wildman–Crippen MR) is 76.0 cm³/mol. The van der Waals surface area contributed by atoms with Gasteiger partial charge in [0.05, 0.1) is 19.7 Å². The van der Waals surface area contributed by atoms with Gasteiger partial charge < -0.3 is 22.0 Å². The molecule has 2 nitrogen and oxygen atoms in total. The maximum atomic E-state index is 9.32. The molecule has 1 saturated heterocycles. The average molecular weight is 282 g/mol. The summed E-state index contributed by atoms with van der Waals surface area (Å²) in [5, 5.41) is 9.32. The van der Waals surface area contributed by atoms with Gasteiger partial charge in [0.15, 0.2) is 0 Å². The number of aliphatic hydroxyl groups excluding tert-OH is 1. The monoisotopic (exact) mass is 281 g/mol. The normalized spacial score (nSPS) is 17.5. The number of hydrogen-bond acceptors (Lipinski definition) is 1. The molecule has 0 spiro atoms. The van der Waals surface area contributed by atoms with Crippen molar-refractivity contribution in [3.8, 4) is 0 Å². The highest BCUT2D eigenvalue weighted by molar-refractivity contribution is 5.47. The molecule has 0 saturated carbocycles. The molecule has 0 unspecified atom stereocenters. The number of halogens is 1. The lowest BCUT2D eigenvalue weighted by Crippen LogP contribution is -3.00. The van der Waals surface area contributed by atoms with E-state index >= 15 is 0 Å². The second-order valence-corrected chi connectivity index (χ2v) is 5.40. The van der Waals surface area contributed by atoms with Crippen LogP contribution < -0.4 is 12.4 Å². The van der Waals surface area contributed by atoms with Crippen molar-refractivity contribution in [3.05, 3.63) is 42.0 Å². The van der Waals surface area contributed by atoms with E-state index in [4.69, 9.17) is 0 Å². The molecule has 0 atom stereocenters. The lowest BCUT2D eigenvalue weighted by molar-refractivity contribution is -0.945. The van der Waals surface area contributed by atoms with Crippen LogP contribution in [0.3, 0.4) is 0 Å². The van der Waals surface area contributed by atoms with E-state index in [-0.39, 0.29) is 12.4 Å². The highest BCUT2D eigenvalue weighted by Gasteiger charge is 2.29. The number of nitrogens with zero attached hydrogens (tertiary/aromatic N) is 1. The maximum absolute atomic E-state index is 9.32. The standard InChI is InChI=1S/C16H24NO.ClH/c1-2-15-6-8-16(9-7-15)14-17(12-13-18)10-4-3-5-11-17;/h2,6-9,18H,1,3-5,10-14H2;1H/q+1;/p-1. The molecule has 0 aliphatic carbocycles. The predicted octanol–water partition coefficient (Wildman–Crippen LogP) is -0.173. The van der Waals surface area contributed by atoms with Gasteiger partial charge in [-0.3, -0.25) is 0 Å². The van der Waals surface area contributed by atoms with Crippen LogP contribution in [0.25, 0.3) is 6.08 Å². The van der Waals surface area contributed by atoms with Crippen LogP contribution in [0.4, 0.5) is 0 Å². The summed E-state index contributed by atoms with van der Waals surface area (Å²) in [6.45, 7) is 8.45. The molecular weight excluding hydrogens is 258 g/mol. The molecule has 19 heavy (non-hydrogen) atoms. The van der Waals surface area contributed by atoms with Gasteiger partial charge in [-0.2, -0.15) is 0 Å². The van der Waals surface area contributed by atoms with Crippen molar-refractivity contribution >= 4 is 6.08 Å². The van der Waals surface area contributed by atoms with Crippen LogP contribution in [0.5, 0.6) is 0 Å². The number of likely N-dealkylation sites (tertiary alicyclic amines) is 1. The summed E-state index contributed by atoms with van der Waals surface area (Å²) >= 11 is 0. The fourth-order valence-electron chi connectivity index (χ4n) is 3.00. The molecule has 1 fully saturated rings. The second kappa shape index (κ2) is 7.68. The van der Waals surface area contributed by atoms with Gasteiger partial charge in [0.25, 0.3) is 0 Å². The summed E-state index contributed by atoms with van der Waals surface area (Å²) in [6.07, 6.45) is 5.82. The number of hydrogen-bond donors (Lipinski definition) is 1. The van der Waals surface area contributed by atoms with Gasteiger partial charge in [-0.1, -0.05) is 36.9 Å². The van der Waals surface area contributed by atoms with Crippen molar-refractivity contribution < 1.29 is 22.0 Å². The van der Waals surface area contributed by atoms with Crippen LogP contribution in [0.15, 0.2) is 30.8 Å². The third kappa shape index (κ3) is 4.34. The minimum absolute atomic E-state index is 0. The molecule has 1 aromatic rings. The fraction of sp³-hybridized carbons (Fsp3) is 0.500. The Labute approximate surface area is 122 Å². The van der Waals surface area contributed by atoms with Gasteiger partial charge in [0, 0.05) is 5.56 Å². The molecule has 1 aromatic carbocycles. The molecule has 0 amide bonds. The summed E-state index contributed by atoms with van der Waals surface area (Å²) in [7, 11) is 0. The Morgan fingerprint density at radius 2 is 1.74 bits per heavy atom. The summed E-state index contributed by atoms with van der Waals surface area (Å²) < 4.78 is 1.06. The van der Waals surface area contributed by atoms with Crippen LogP contribution in [0, 0.1) is 0 Å². The molecule has 1 aliphatic heterocycles. The number of quaternary nitrogens is 1. The molecule has 3 heteroatoms. The van der Waals surface area contributed by atoms with Crippen molar-refractivity contribution in [2.45, 2.75) is 25.8 Å². The molecule has 1 N–H and O–H groups in total. The first-order chi connectivity index (χ1) is 8.78. The van der Waals surface area contributed by atoms with Gasteiger partial charge in [0.1, 0.15) is 13.1 Å². The minimum Gasteiger partial charge on any atom is -1.00 e.